The number of carbonyl (C=O) groups excluding carboxylic acids is 2. The van der Waals surface area contributed by atoms with Crippen LogP contribution in [0.3, 0.4) is 0 Å². The van der Waals surface area contributed by atoms with Crippen molar-refractivity contribution < 1.29 is 64.5 Å². The number of esters is 1. The van der Waals surface area contributed by atoms with E-state index in [4.69, 9.17) is 4.74 Å². The highest BCUT2D eigenvalue weighted by atomic mass is 19.4. The van der Waals surface area contributed by atoms with E-state index in [-0.39, 0.29) is 42.9 Å². The van der Waals surface area contributed by atoms with Crippen LogP contribution in [-0.4, -0.2) is 50.8 Å². The van der Waals surface area contributed by atoms with E-state index in [0.29, 0.717) is 12.5 Å². The topological polar surface area (TPSA) is 119 Å². The monoisotopic (exact) mass is 531 g/mol. The molecule has 0 aliphatic carbocycles. The van der Waals surface area contributed by atoms with E-state index in [0.717, 1.165) is 12.1 Å². The van der Waals surface area contributed by atoms with Gasteiger partial charge in [-0.25, -0.2) is 9.59 Å². The number of fused-ring (bicyclic) bond motifs is 1. The van der Waals surface area contributed by atoms with Crippen LogP contribution >= 0.6 is 0 Å². The molecule has 0 amide bonds. The van der Waals surface area contributed by atoms with Crippen molar-refractivity contribution in [3.8, 4) is 11.5 Å². The molecule has 1 aliphatic rings. The number of aryl methyl sites for hydroxylation is 1. The summed E-state index contributed by atoms with van der Waals surface area (Å²) in [5, 5.41) is 2.16. The fourth-order valence-corrected chi connectivity index (χ4v) is 2.94. The van der Waals surface area contributed by atoms with Gasteiger partial charge in [0.2, 0.25) is 12.9 Å². The highest BCUT2D eigenvalue weighted by Gasteiger charge is 2.49. The Kier molecular flexibility index (Phi) is 9.75. The van der Waals surface area contributed by atoms with Gasteiger partial charge in [0, 0.05) is 5.56 Å². The molecule has 1 atom stereocenters. The van der Waals surface area contributed by atoms with E-state index in [1.54, 1.807) is 0 Å². The fraction of sp³-hybridized carbons (Fsp3) is 0.500. The lowest BCUT2D eigenvalue weighted by Crippen LogP contribution is -2.41. The van der Waals surface area contributed by atoms with Crippen LogP contribution in [0.1, 0.15) is 30.9 Å². The van der Waals surface area contributed by atoms with Gasteiger partial charge in [0.15, 0.2) is 5.34 Å². The first-order chi connectivity index (χ1) is 16.9. The van der Waals surface area contributed by atoms with E-state index in [1.807, 2.05) is 0 Å². The summed E-state index contributed by atoms with van der Waals surface area (Å²) in [7, 11) is 0. The van der Waals surface area contributed by atoms with Crippen molar-refractivity contribution in [1.29, 1.82) is 0 Å². The molecule has 0 fully saturated rings. The third-order valence-electron chi connectivity index (χ3n) is 4.41. The Bertz CT molecular complexity index is 978. The maximum absolute atomic E-state index is 13.6. The second kappa shape index (κ2) is 12.3. The highest BCUT2D eigenvalue weighted by molar-refractivity contribution is 5.96. The molecule has 0 radical (unpaired) electrons. The predicted octanol–water partition coefficient (Wildman–Crippen LogP) is 4.99. The lowest BCUT2D eigenvalue weighted by Gasteiger charge is -2.29. The zero-order valence-corrected chi connectivity index (χ0v) is 18.4. The number of halogens is 6. The molecule has 0 saturated heterocycles. The van der Waals surface area contributed by atoms with Gasteiger partial charge < -0.3 is 28.5 Å². The molecule has 0 N–H and O–H groups in total. The second-order valence-electron chi connectivity index (χ2n) is 6.95. The van der Waals surface area contributed by atoms with Gasteiger partial charge in [0.1, 0.15) is 18.1 Å². The Morgan fingerprint density at radius 3 is 2.33 bits per heavy atom. The third-order valence-corrected chi connectivity index (χ3v) is 4.41. The molecule has 2 rings (SSSR count). The van der Waals surface area contributed by atoms with Gasteiger partial charge >= 0.3 is 24.7 Å². The van der Waals surface area contributed by atoms with Crippen LogP contribution in [0.2, 0.25) is 0 Å². The van der Waals surface area contributed by atoms with Gasteiger partial charge in [-0.1, -0.05) is 6.92 Å². The fourth-order valence-electron chi connectivity index (χ4n) is 2.94. The van der Waals surface area contributed by atoms with E-state index >= 15 is 0 Å². The van der Waals surface area contributed by atoms with Crippen molar-refractivity contribution in [2.75, 3.05) is 20.0 Å². The number of benzene rings is 1. The molecular formula is C20H19F6NO9. The molecule has 1 heterocycles. The molecule has 0 unspecified atom stereocenters. The summed E-state index contributed by atoms with van der Waals surface area (Å²) in [6.07, 6.45) is -13.0. The summed E-state index contributed by atoms with van der Waals surface area (Å²) in [6, 6.07) is 1.63. The average Bonchev–Trinajstić information content (AvgIpc) is 2.78. The Morgan fingerprint density at radius 2 is 1.72 bits per heavy atom. The van der Waals surface area contributed by atoms with Gasteiger partial charge in [0.25, 0.3) is 0 Å². The molecule has 200 valence electrons. The Balaban J connectivity index is 2.11. The third kappa shape index (κ3) is 8.49. The van der Waals surface area contributed by atoms with E-state index in [1.165, 1.54) is 6.92 Å². The van der Waals surface area contributed by atoms with Crippen molar-refractivity contribution >= 4 is 18.2 Å². The van der Waals surface area contributed by atoms with E-state index < -0.39 is 48.9 Å². The van der Waals surface area contributed by atoms with Crippen LogP contribution in [0.5, 0.6) is 11.5 Å². The number of carbonyl (C=O) groups is 2. The maximum atomic E-state index is 13.6. The van der Waals surface area contributed by atoms with Gasteiger partial charge in [-0.3, -0.25) is 0 Å². The minimum atomic E-state index is -5.10. The van der Waals surface area contributed by atoms with Gasteiger partial charge in [-0.2, -0.15) is 13.2 Å². The lowest BCUT2D eigenvalue weighted by molar-refractivity contribution is -0.274. The standard InChI is InChI=1S/C20H19F6NO9/c1-2-11-7-13(36-20(24,25)26)8-12-9-14(16(19(21,22)23)35-15(11)12)17(28)32-10-33-18(29)31-5-3-4-6-34-27-30/h7-9,16H,2-6,10H2,1H3/t16-/m0/s1. The van der Waals surface area contributed by atoms with E-state index in [9.17, 15) is 40.8 Å². The van der Waals surface area contributed by atoms with Crippen LogP contribution in [0.15, 0.2) is 23.0 Å². The first-order valence-electron chi connectivity index (χ1n) is 10.1. The number of nitrogens with zero attached hydrogens (tertiary/aromatic N) is 1. The molecule has 1 aliphatic heterocycles. The molecule has 36 heavy (non-hydrogen) atoms. The molecule has 0 aromatic heterocycles. The number of hydrogen-bond donors (Lipinski definition) is 0. The van der Waals surface area contributed by atoms with Crippen molar-refractivity contribution in [1.82, 2.24) is 0 Å². The summed E-state index contributed by atoms with van der Waals surface area (Å²) in [4.78, 5) is 37.6. The number of alkyl halides is 6. The van der Waals surface area contributed by atoms with Crippen LogP contribution in [0, 0.1) is 4.91 Å². The summed E-state index contributed by atoms with van der Waals surface area (Å²) in [6.45, 7) is 0.174. The Hall–Kier alpha value is -3.72. The predicted molar refractivity (Wildman–Crippen MR) is 105 cm³/mol. The van der Waals surface area contributed by atoms with Crippen molar-refractivity contribution in [2.24, 2.45) is 5.34 Å². The van der Waals surface area contributed by atoms with Gasteiger partial charge in [-0.05, 0) is 43.0 Å². The minimum absolute atomic E-state index is 0.00740. The molecule has 10 nitrogen and oxygen atoms in total. The van der Waals surface area contributed by atoms with Gasteiger partial charge in [-0.15, -0.1) is 18.1 Å². The van der Waals surface area contributed by atoms with Gasteiger partial charge in [0.05, 0.1) is 12.2 Å². The molecular weight excluding hydrogens is 512 g/mol. The van der Waals surface area contributed by atoms with E-state index in [2.05, 4.69) is 29.1 Å². The number of rotatable bonds is 11. The van der Waals surface area contributed by atoms with Crippen LogP contribution in [0.25, 0.3) is 6.08 Å². The number of hydrogen-bond acceptors (Lipinski definition) is 10. The van der Waals surface area contributed by atoms with Crippen molar-refractivity contribution in [3.63, 3.8) is 0 Å². The average molecular weight is 531 g/mol. The zero-order chi connectivity index (χ0) is 26.9. The molecule has 16 heteroatoms. The largest absolute Gasteiger partial charge is 0.573 e. The molecule has 0 saturated carbocycles. The van der Waals surface area contributed by atoms with Crippen molar-refractivity contribution in [2.45, 2.75) is 44.8 Å². The number of unbranched alkanes of at least 4 members (excludes halogenated alkanes) is 1. The Morgan fingerprint density at radius 1 is 1.03 bits per heavy atom. The Labute approximate surface area is 198 Å². The summed E-state index contributed by atoms with van der Waals surface area (Å²) in [5.41, 5.74) is -1.40. The normalized spacial score (nSPS) is 15.1. The van der Waals surface area contributed by atoms with Crippen LogP contribution < -0.4 is 9.47 Å². The molecule has 1 aromatic carbocycles. The smallest absolute Gasteiger partial charge is 0.475 e. The summed E-state index contributed by atoms with van der Waals surface area (Å²) < 4.78 is 101. The first-order valence-corrected chi connectivity index (χ1v) is 10.1. The summed E-state index contributed by atoms with van der Waals surface area (Å²) in [5.74, 6) is -2.70. The maximum Gasteiger partial charge on any atom is 0.573 e. The summed E-state index contributed by atoms with van der Waals surface area (Å²) >= 11 is 0. The second-order valence-corrected chi connectivity index (χ2v) is 6.95. The zero-order valence-electron chi connectivity index (χ0n) is 18.4. The molecule has 0 spiro atoms. The van der Waals surface area contributed by atoms with Crippen LogP contribution in [-0.2, 0) is 30.3 Å². The molecule has 0 bridgehead atoms. The minimum Gasteiger partial charge on any atom is -0.475 e. The molecule has 1 aromatic rings. The first kappa shape index (κ1) is 28.5. The lowest BCUT2D eigenvalue weighted by atomic mass is 9.97. The van der Waals surface area contributed by atoms with Crippen LogP contribution in [0.4, 0.5) is 31.1 Å². The number of ether oxygens (including phenoxy) is 5. The van der Waals surface area contributed by atoms with Crippen molar-refractivity contribution in [3.05, 3.63) is 33.7 Å². The quantitative estimate of drug-likeness (QED) is 0.0972. The SMILES string of the molecule is CCc1cc(OC(F)(F)F)cc2c1O[C@H](C(F)(F)F)C(C(=O)OCOC(=O)OCCCCON=O)=C2. The highest BCUT2D eigenvalue weighted by Crippen LogP contribution is 2.42.